The van der Waals surface area contributed by atoms with Crippen LogP contribution in [0.15, 0.2) is 24.3 Å². The van der Waals surface area contributed by atoms with Crippen LogP contribution in [0.1, 0.15) is 18.2 Å². The average molecular weight is 241 g/mol. The first-order valence-corrected chi connectivity index (χ1v) is 5.93. The molecular formula is C14H15N3O. The molecule has 2 aromatic rings. The van der Waals surface area contributed by atoms with Gasteiger partial charge in [-0.3, -0.25) is 4.79 Å². The number of nitrogens with one attached hydrogen (secondary N) is 1. The summed E-state index contributed by atoms with van der Waals surface area (Å²) in [7, 11) is 0. The third kappa shape index (κ3) is 1.95. The molecule has 0 fully saturated rings. The zero-order valence-electron chi connectivity index (χ0n) is 10.5. The van der Waals surface area contributed by atoms with Crippen LogP contribution in [0, 0.1) is 18.3 Å². The Kier molecular flexibility index (Phi) is 3.33. The largest absolute Gasteiger partial charge is 0.355 e. The number of nitriles is 1. The Bertz CT molecular complexity index is 634. The standard InChI is InChI=1S/C14H15N3O/c1-3-16-14(18)9-17-10(2)12(8-15)11-6-4-5-7-13(11)17/h4-7H,3,9H2,1-2H3,(H,16,18). The van der Waals surface area contributed by atoms with Crippen molar-refractivity contribution < 1.29 is 4.79 Å². The molecular weight excluding hydrogens is 226 g/mol. The van der Waals surface area contributed by atoms with Gasteiger partial charge in [0, 0.05) is 17.6 Å². The summed E-state index contributed by atoms with van der Waals surface area (Å²) < 4.78 is 1.89. The molecule has 0 radical (unpaired) electrons. The van der Waals surface area contributed by atoms with E-state index in [1.165, 1.54) is 0 Å². The maximum Gasteiger partial charge on any atom is 0.239 e. The summed E-state index contributed by atoms with van der Waals surface area (Å²) in [5.74, 6) is -0.0363. The van der Waals surface area contributed by atoms with Crippen LogP contribution in [0.2, 0.25) is 0 Å². The number of likely N-dealkylation sites (N-methyl/N-ethyl adjacent to an activating group) is 1. The van der Waals surface area contributed by atoms with Gasteiger partial charge in [-0.25, -0.2) is 0 Å². The Labute approximate surface area is 106 Å². The van der Waals surface area contributed by atoms with E-state index in [1.807, 2.05) is 42.7 Å². The van der Waals surface area contributed by atoms with Crippen LogP contribution in [-0.4, -0.2) is 17.0 Å². The van der Waals surface area contributed by atoms with Crippen molar-refractivity contribution in [2.45, 2.75) is 20.4 Å². The van der Waals surface area contributed by atoms with E-state index in [1.54, 1.807) is 0 Å². The summed E-state index contributed by atoms with van der Waals surface area (Å²) in [6.07, 6.45) is 0. The van der Waals surface area contributed by atoms with Crippen molar-refractivity contribution in [3.8, 4) is 6.07 Å². The molecule has 0 saturated carbocycles. The van der Waals surface area contributed by atoms with Gasteiger partial charge in [0.2, 0.25) is 5.91 Å². The van der Waals surface area contributed by atoms with E-state index in [9.17, 15) is 10.1 Å². The lowest BCUT2D eigenvalue weighted by Gasteiger charge is -2.07. The van der Waals surface area contributed by atoms with Gasteiger partial charge in [-0.15, -0.1) is 0 Å². The van der Waals surface area contributed by atoms with Crippen LogP contribution >= 0.6 is 0 Å². The summed E-state index contributed by atoms with van der Waals surface area (Å²) in [5.41, 5.74) is 2.41. The molecule has 0 aliphatic carbocycles. The molecule has 1 aromatic heterocycles. The fraction of sp³-hybridized carbons (Fsp3) is 0.286. The van der Waals surface area contributed by atoms with Crippen molar-refractivity contribution in [2.24, 2.45) is 0 Å². The lowest BCUT2D eigenvalue weighted by Crippen LogP contribution is -2.27. The summed E-state index contributed by atoms with van der Waals surface area (Å²) in [4.78, 5) is 11.7. The molecule has 1 amide bonds. The fourth-order valence-electron chi connectivity index (χ4n) is 2.17. The molecule has 4 heteroatoms. The van der Waals surface area contributed by atoms with Gasteiger partial charge in [0.25, 0.3) is 0 Å². The van der Waals surface area contributed by atoms with Gasteiger partial charge in [-0.2, -0.15) is 5.26 Å². The van der Waals surface area contributed by atoms with Crippen molar-refractivity contribution in [3.63, 3.8) is 0 Å². The van der Waals surface area contributed by atoms with Gasteiger partial charge >= 0.3 is 0 Å². The summed E-state index contributed by atoms with van der Waals surface area (Å²) in [6.45, 7) is 4.63. The molecule has 0 saturated heterocycles. The van der Waals surface area contributed by atoms with Crippen LogP contribution in [0.25, 0.3) is 10.9 Å². The minimum atomic E-state index is -0.0363. The molecule has 0 aliphatic rings. The number of benzene rings is 1. The normalized spacial score (nSPS) is 10.3. The molecule has 0 aliphatic heterocycles. The predicted molar refractivity (Wildman–Crippen MR) is 70.1 cm³/mol. The van der Waals surface area contributed by atoms with Crippen LogP contribution in [-0.2, 0) is 11.3 Å². The Hall–Kier alpha value is -2.28. The van der Waals surface area contributed by atoms with E-state index >= 15 is 0 Å². The van der Waals surface area contributed by atoms with Gasteiger partial charge < -0.3 is 9.88 Å². The molecule has 18 heavy (non-hydrogen) atoms. The Morgan fingerprint density at radius 1 is 1.44 bits per heavy atom. The van der Waals surface area contributed by atoms with Crippen molar-refractivity contribution in [3.05, 3.63) is 35.5 Å². The highest BCUT2D eigenvalue weighted by Crippen LogP contribution is 2.24. The van der Waals surface area contributed by atoms with E-state index < -0.39 is 0 Å². The molecule has 0 unspecified atom stereocenters. The Morgan fingerprint density at radius 2 is 2.17 bits per heavy atom. The predicted octanol–water partition coefficient (Wildman–Crippen LogP) is 1.96. The number of amides is 1. The number of carbonyl (C=O) groups excluding carboxylic acids is 1. The third-order valence-electron chi connectivity index (χ3n) is 3.02. The molecule has 1 aromatic carbocycles. The minimum absolute atomic E-state index is 0.0363. The number of hydrogen-bond donors (Lipinski definition) is 1. The molecule has 0 spiro atoms. The van der Waals surface area contributed by atoms with Crippen LogP contribution in [0.5, 0.6) is 0 Å². The van der Waals surface area contributed by atoms with Crippen LogP contribution in [0.3, 0.4) is 0 Å². The second-order valence-electron chi connectivity index (χ2n) is 4.13. The monoisotopic (exact) mass is 241 g/mol. The van der Waals surface area contributed by atoms with E-state index in [2.05, 4.69) is 11.4 Å². The van der Waals surface area contributed by atoms with E-state index in [0.717, 1.165) is 16.6 Å². The van der Waals surface area contributed by atoms with Gasteiger partial charge in [0.05, 0.1) is 11.1 Å². The second kappa shape index (κ2) is 4.92. The van der Waals surface area contributed by atoms with Gasteiger partial charge in [0.15, 0.2) is 0 Å². The molecule has 2 rings (SSSR count). The molecule has 1 heterocycles. The highest BCUT2D eigenvalue weighted by atomic mass is 16.1. The van der Waals surface area contributed by atoms with Gasteiger partial charge in [-0.05, 0) is 19.9 Å². The maximum atomic E-state index is 11.7. The molecule has 4 nitrogen and oxygen atoms in total. The summed E-state index contributed by atoms with van der Waals surface area (Å²) in [5, 5.41) is 12.9. The number of rotatable bonds is 3. The number of aromatic nitrogens is 1. The van der Waals surface area contributed by atoms with Crippen molar-refractivity contribution in [1.29, 1.82) is 5.26 Å². The average Bonchev–Trinajstić information content (AvgIpc) is 2.63. The Morgan fingerprint density at radius 3 is 2.83 bits per heavy atom. The summed E-state index contributed by atoms with van der Waals surface area (Å²) in [6, 6.07) is 9.87. The molecule has 0 bridgehead atoms. The van der Waals surface area contributed by atoms with Crippen molar-refractivity contribution in [2.75, 3.05) is 6.54 Å². The van der Waals surface area contributed by atoms with Crippen LogP contribution < -0.4 is 5.32 Å². The summed E-state index contributed by atoms with van der Waals surface area (Å²) >= 11 is 0. The second-order valence-corrected chi connectivity index (χ2v) is 4.13. The van der Waals surface area contributed by atoms with E-state index in [4.69, 9.17) is 0 Å². The van der Waals surface area contributed by atoms with Gasteiger partial charge in [-0.1, -0.05) is 18.2 Å². The molecule has 92 valence electrons. The topological polar surface area (TPSA) is 57.8 Å². The number of para-hydroxylation sites is 1. The number of carbonyl (C=O) groups is 1. The first-order valence-electron chi connectivity index (χ1n) is 5.93. The first kappa shape index (κ1) is 12.2. The van der Waals surface area contributed by atoms with Crippen LogP contribution in [0.4, 0.5) is 0 Å². The zero-order chi connectivity index (χ0) is 13.1. The molecule has 1 N–H and O–H groups in total. The maximum absolute atomic E-state index is 11.7. The fourth-order valence-corrected chi connectivity index (χ4v) is 2.17. The van der Waals surface area contributed by atoms with E-state index in [0.29, 0.717) is 12.1 Å². The van der Waals surface area contributed by atoms with Gasteiger partial charge in [0.1, 0.15) is 12.6 Å². The smallest absolute Gasteiger partial charge is 0.239 e. The minimum Gasteiger partial charge on any atom is -0.355 e. The highest BCUT2D eigenvalue weighted by Gasteiger charge is 2.14. The molecule has 0 atom stereocenters. The lowest BCUT2D eigenvalue weighted by molar-refractivity contribution is -0.121. The number of fused-ring (bicyclic) bond motifs is 1. The lowest BCUT2D eigenvalue weighted by atomic mass is 10.1. The zero-order valence-corrected chi connectivity index (χ0v) is 10.5. The highest BCUT2D eigenvalue weighted by molar-refractivity contribution is 5.89. The van der Waals surface area contributed by atoms with E-state index in [-0.39, 0.29) is 12.5 Å². The quantitative estimate of drug-likeness (QED) is 0.893. The Balaban J connectivity index is 2.54. The van der Waals surface area contributed by atoms with Crippen molar-refractivity contribution >= 4 is 16.8 Å². The number of hydrogen-bond acceptors (Lipinski definition) is 2. The SMILES string of the molecule is CCNC(=O)Cn1c(C)c(C#N)c2ccccc21. The number of nitrogens with zero attached hydrogens (tertiary/aromatic N) is 2. The van der Waals surface area contributed by atoms with Crippen molar-refractivity contribution in [1.82, 2.24) is 9.88 Å². The first-order chi connectivity index (χ1) is 8.69. The third-order valence-corrected chi connectivity index (χ3v) is 3.02.